The highest BCUT2D eigenvalue weighted by Gasteiger charge is 2.09. The van der Waals surface area contributed by atoms with Crippen LogP contribution in [0.2, 0.25) is 5.02 Å². The number of anilines is 1. The van der Waals surface area contributed by atoms with Gasteiger partial charge in [-0.3, -0.25) is 4.79 Å². The van der Waals surface area contributed by atoms with E-state index in [0.29, 0.717) is 22.0 Å². The number of carbonyl (C=O) groups is 1. The van der Waals surface area contributed by atoms with Crippen LogP contribution in [0.3, 0.4) is 0 Å². The summed E-state index contributed by atoms with van der Waals surface area (Å²) >= 11 is 5.96. The lowest BCUT2D eigenvalue weighted by atomic mass is 10.2. The molecular weight excluding hydrogens is 250 g/mol. The fourth-order valence-electron chi connectivity index (χ4n) is 1.54. The van der Waals surface area contributed by atoms with Crippen molar-refractivity contribution in [1.82, 2.24) is 0 Å². The van der Waals surface area contributed by atoms with Crippen molar-refractivity contribution in [3.8, 4) is 5.75 Å². The second-order valence-electron chi connectivity index (χ2n) is 3.67. The molecule has 2 aromatic carbocycles. The van der Waals surface area contributed by atoms with Gasteiger partial charge >= 0.3 is 0 Å². The Kier molecular flexibility index (Phi) is 3.85. The van der Waals surface area contributed by atoms with Gasteiger partial charge in [-0.2, -0.15) is 0 Å². The van der Waals surface area contributed by atoms with E-state index in [9.17, 15) is 4.79 Å². The summed E-state index contributed by atoms with van der Waals surface area (Å²) in [6.45, 7) is 0. The van der Waals surface area contributed by atoms with Gasteiger partial charge < -0.3 is 10.1 Å². The molecule has 92 valence electrons. The molecule has 1 amide bonds. The Morgan fingerprint density at radius 1 is 1.17 bits per heavy atom. The first-order valence-electron chi connectivity index (χ1n) is 5.40. The highest BCUT2D eigenvalue weighted by molar-refractivity contribution is 6.34. The SMILES string of the molecule is COc1cccc(NC(=O)c2ccccc2Cl)c1. The minimum Gasteiger partial charge on any atom is -0.497 e. The number of hydrogen-bond acceptors (Lipinski definition) is 2. The third-order valence-corrected chi connectivity index (χ3v) is 2.78. The van der Waals surface area contributed by atoms with E-state index in [-0.39, 0.29) is 5.91 Å². The summed E-state index contributed by atoms with van der Waals surface area (Å²) in [4.78, 5) is 12.0. The van der Waals surface area contributed by atoms with Crippen LogP contribution in [0.1, 0.15) is 10.4 Å². The second kappa shape index (κ2) is 5.56. The first kappa shape index (κ1) is 12.5. The van der Waals surface area contributed by atoms with Crippen LogP contribution in [0.4, 0.5) is 5.69 Å². The summed E-state index contributed by atoms with van der Waals surface area (Å²) in [7, 11) is 1.58. The first-order valence-corrected chi connectivity index (χ1v) is 5.78. The monoisotopic (exact) mass is 261 g/mol. The summed E-state index contributed by atoms with van der Waals surface area (Å²) in [6, 6.07) is 14.1. The lowest BCUT2D eigenvalue weighted by Crippen LogP contribution is -2.12. The van der Waals surface area contributed by atoms with Crippen molar-refractivity contribution < 1.29 is 9.53 Å². The third-order valence-electron chi connectivity index (χ3n) is 2.45. The average molecular weight is 262 g/mol. The van der Waals surface area contributed by atoms with E-state index in [4.69, 9.17) is 16.3 Å². The van der Waals surface area contributed by atoms with Crippen molar-refractivity contribution in [3.63, 3.8) is 0 Å². The summed E-state index contributed by atoms with van der Waals surface area (Å²) in [6.07, 6.45) is 0. The highest BCUT2D eigenvalue weighted by atomic mass is 35.5. The third kappa shape index (κ3) is 2.81. The zero-order valence-electron chi connectivity index (χ0n) is 9.81. The maximum Gasteiger partial charge on any atom is 0.257 e. The van der Waals surface area contributed by atoms with Crippen LogP contribution in [0.5, 0.6) is 5.75 Å². The van der Waals surface area contributed by atoms with Gasteiger partial charge in [0.15, 0.2) is 0 Å². The molecule has 1 N–H and O–H groups in total. The first-order chi connectivity index (χ1) is 8.70. The highest BCUT2D eigenvalue weighted by Crippen LogP contribution is 2.20. The van der Waals surface area contributed by atoms with Crippen molar-refractivity contribution in [3.05, 3.63) is 59.1 Å². The zero-order valence-corrected chi connectivity index (χ0v) is 10.6. The lowest BCUT2D eigenvalue weighted by molar-refractivity contribution is 0.102. The van der Waals surface area contributed by atoms with Crippen molar-refractivity contribution in [2.45, 2.75) is 0 Å². The molecule has 0 aliphatic carbocycles. The molecule has 2 aromatic rings. The zero-order chi connectivity index (χ0) is 13.0. The van der Waals surface area contributed by atoms with Gasteiger partial charge in [0.05, 0.1) is 17.7 Å². The number of ether oxygens (including phenoxy) is 1. The molecule has 0 fully saturated rings. The van der Waals surface area contributed by atoms with Gasteiger partial charge in [-0.05, 0) is 24.3 Å². The van der Waals surface area contributed by atoms with E-state index >= 15 is 0 Å². The van der Waals surface area contributed by atoms with E-state index in [2.05, 4.69) is 5.32 Å². The quantitative estimate of drug-likeness (QED) is 0.917. The molecule has 0 aliphatic rings. The molecule has 0 heterocycles. The summed E-state index contributed by atoms with van der Waals surface area (Å²) in [5.74, 6) is 0.445. The summed E-state index contributed by atoms with van der Waals surface area (Å²) in [5, 5.41) is 3.20. The van der Waals surface area contributed by atoms with Gasteiger partial charge in [0, 0.05) is 11.8 Å². The average Bonchev–Trinajstić information content (AvgIpc) is 2.39. The molecule has 4 heteroatoms. The molecule has 18 heavy (non-hydrogen) atoms. The van der Waals surface area contributed by atoms with Crippen LogP contribution >= 0.6 is 11.6 Å². The maximum absolute atomic E-state index is 12.0. The van der Waals surface area contributed by atoms with Crippen LogP contribution in [0, 0.1) is 0 Å². The maximum atomic E-state index is 12.0. The predicted octanol–water partition coefficient (Wildman–Crippen LogP) is 3.60. The molecule has 0 aliphatic heterocycles. The standard InChI is InChI=1S/C14H12ClNO2/c1-18-11-6-4-5-10(9-11)16-14(17)12-7-2-3-8-13(12)15/h2-9H,1H3,(H,16,17). The molecule has 0 atom stereocenters. The molecule has 0 saturated carbocycles. The van der Waals surface area contributed by atoms with Crippen molar-refractivity contribution in [2.24, 2.45) is 0 Å². The Hall–Kier alpha value is -2.00. The fraction of sp³-hybridized carbons (Fsp3) is 0.0714. The predicted molar refractivity (Wildman–Crippen MR) is 72.4 cm³/mol. The van der Waals surface area contributed by atoms with Crippen LogP contribution in [-0.2, 0) is 0 Å². The molecule has 0 aromatic heterocycles. The fourth-order valence-corrected chi connectivity index (χ4v) is 1.77. The Labute approximate surface area is 110 Å². The number of benzene rings is 2. The van der Waals surface area contributed by atoms with Gasteiger partial charge in [0.1, 0.15) is 5.75 Å². The van der Waals surface area contributed by atoms with E-state index in [1.165, 1.54) is 0 Å². The van der Waals surface area contributed by atoms with Crippen LogP contribution in [0.25, 0.3) is 0 Å². The number of nitrogens with one attached hydrogen (secondary N) is 1. The molecule has 2 rings (SSSR count). The molecule has 0 spiro atoms. The van der Waals surface area contributed by atoms with Crippen LogP contribution in [-0.4, -0.2) is 13.0 Å². The molecule has 0 bridgehead atoms. The lowest BCUT2D eigenvalue weighted by Gasteiger charge is -2.07. The summed E-state index contributed by atoms with van der Waals surface area (Å²) in [5.41, 5.74) is 1.11. The normalized spacial score (nSPS) is 9.89. The smallest absolute Gasteiger partial charge is 0.257 e. The molecule has 0 radical (unpaired) electrons. The van der Waals surface area contributed by atoms with Gasteiger partial charge in [-0.1, -0.05) is 29.8 Å². The van der Waals surface area contributed by atoms with E-state index < -0.39 is 0 Å². The summed E-state index contributed by atoms with van der Waals surface area (Å²) < 4.78 is 5.09. The van der Waals surface area contributed by atoms with E-state index in [1.54, 1.807) is 49.6 Å². The minimum atomic E-state index is -0.242. The Morgan fingerprint density at radius 2 is 1.94 bits per heavy atom. The van der Waals surface area contributed by atoms with Gasteiger partial charge in [-0.15, -0.1) is 0 Å². The Balaban J connectivity index is 2.19. The second-order valence-corrected chi connectivity index (χ2v) is 4.07. The number of halogens is 1. The van der Waals surface area contributed by atoms with Gasteiger partial charge in [-0.25, -0.2) is 0 Å². The molecule has 0 saturated heterocycles. The van der Waals surface area contributed by atoms with Crippen molar-refractivity contribution in [1.29, 1.82) is 0 Å². The van der Waals surface area contributed by atoms with Crippen LogP contribution in [0.15, 0.2) is 48.5 Å². The Bertz CT molecular complexity index is 569. The number of carbonyl (C=O) groups excluding carboxylic acids is 1. The van der Waals surface area contributed by atoms with Gasteiger partial charge in [0.2, 0.25) is 0 Å². The van der Waals surface area contributed by atoms with Crippen molar-refractivity contribution >= 4 is 23.2 Å². The molecular formula is C14H12ClNO2. The molecule has 3 nitrogen and oxygen atoms in total. The number of hydrogen-bond donors (Lipinski definition) is 1. The van der Waals surface area contributed by atoms with E-state index in [0.717, 1.165) is 0 Å². The van der Waals surface area contributed by atoms with Crippen LogP contribution < -0.4 is 10.1 Å². The molecule has 0 unspecified atom stereocenters. The topological polar surface area (TPSA) is 38.3 Å². The van der Waals surface area contributed by atoms with Gasteiger partial charge in [0.25, 0.3) is 5.91 Å². The Morgan fingerprint density at radius 3 is 2.67 bits per heavy atom. The van der Waals surface area contributed by atoms with E-state index in [1.807, 2.05) is 6.07 Å². The number of methoxy groups -OCH3 is 1. The van der Waals surface area contributed by atoms with Crippen molar-refractivity contribution in [2.75, 3.05) is 12.4 Å². The number of rotatable bonds is 3. The largest absolute Gasteiger partial charge is 0.497 e. The minimum absolute atomic E-state index is 0.242. The number of amides is 1.